The smallest absolute Gasteiger partial charge is 0.264 e. The zero-order chi connectivity index (χ0) is 13.9. The van der Waals surface area contributed by atoms with Crippen LogP contribution in [0.1, 0.15) is 35.9 Å². The standard InChI is InChI=1S/C15H20N2OS2/c1-2-7-17(11-4-3-6-16-10-11)15(18)14-9-13-12(20-14)5-8-19-13/h5,8-9,11,16H,2-4,6-7,10H2,1H3. The lowest BCUT2D eigenvalue weighted by molar-refractivity contribution is 0.0654. The Morgan fingerprint density at radius 2 is 2.40 bits per heavy atom. The Labute approximate surface area is 127 Å². The summed E-state index contributed by atoms with van der Waals surface area (Å²) in [5.74, 6) is 0.217. The molecule has 1 N–H and O–H groups in total. The van der Waals surface area contributed by atoms with Gasteiger partial charge in [-0.2, -0.15) is 0 Å². The van der Waals surface area contributed by atoms with Crippen LogP contribution in [0.4, 0.5) is 0 Å². The van der Waals surface area contributed by atoms with E-state index in [1.807, 2.05) is 0 Å². The summed E-state index contributed by atoms with van der Waals surface area (Å²) in [5, 5.41) is 5.50. The highest BCUT2D eigenvalue weighted by Crippen LogP contribution is 2.31. The number of hydrogen-bond donors (Lipinski definition) is 1. The summed E-state index contributed by atoms with van der Waals surface area (Å²) in [6, 6.07) is 4.52. The van der Waals surface area contributed by atoms with Crippen molar-refractivity contribution in [2.75, 3.05) is 19.6 Å². The summed E-state index contributed by atoms with van der Waals surface area (Å²) < 4.78 is 2.47. The summed E-state index contributed by atoms with van der Waals surface area (Å²) in [5.41, 5.74) is 0. The van der Waals surface area contributed by atoms with E-state index in [1.165, 1.54) is 9.40 Å². The maximum Gasteiger partial charge on any atom is 0.264 e. The fourth-order valence-electron chi connectivity index (χ4n) is 2.80. The quantitative estimate of drug-likeness (QED) is 0.936. The van der Waals surface area contributed by atoms with Gasteiger partial charge in [0.1, 0.15) is 0 Å². The number of rotatable bonds is 4. The highest BCUT2D eigenvalue weighted by atomic mass is 32.1. The fraction of sp³-hybridized carbons (Fsp3) is 0.533. The normalized spacial score (nSPS) is 19.4. The first-order valence-corrected chi connectivity index (χ1v) is 8.98. The van der Waals surface area contributed by atoms with Crippen LogP contribution >= 0.6 is 22.7 Å². The van der Waals surface area contributed by atoms with Crippen LogP contribution in [-0.4, -0.2) is 36.5 Å². The first kappa shape index (κ1) is 14.0. The molecular formula is C15H20N2OS2. The van der Waals surface area contributed by atoms with Crippen molar-refractivity contribution in [2.24, 2.45) is 0 Å². The highest BCUT2D eigenvalue weighted by Gasteiger charge is 2.26. The van der Waals surface area contributed by atoms with Gasteiger partial charge in [-0.1, -0.05) is 6.92 Å². The molecule has 1 fully saturated rings. The van der Waals surface area contributed by atoms with Gasteiger partial charge in [0.15, 0.2) is 0 Å². The number of amides is 1. The van der Waals surface area contributed by atoms with Gasteiger partial charge in [0.05, 0.1) is 4.88 Å². The molecule has 5 heteroatoms. The van der Waals surface area contributed by atoms with E-state index in [0.29, 0.717) is 6.04 Å². The average Bonchev–Trinajstić information content (AvgIpc) is 3.06. The third-order valence-electron chi connectivity index (χ3n) is 3.79. The molecule has 2 aromatic heterocycles. The molecule has 20 heavy (non-hydrogen) atoms. The first-order valence-electron chi connectivity index (χ1n) is 7.28. The highest BCUT2D eigenvalue weighted by molar-refractivity contribution is 7.27. The maximum absolute atomic E-state index is 12.8. The molecule has 1 amide bonds. The number of nitrogens with zero attached hydrogens (tertiary/aromatic N) is 1. The van der Waals surface area contributed by atoms with E-state index in [2.05, 4.69) is 34.7 Å². The van der Waals surface area contributed by atoms with E-state index in [9.17, 15) is 4.79 Å². The van der Waals surface area contributed by atoms with E-state index in [4.69, 9.17) is 0 Å². The second-order valence-corrected chi connectivity index (χ2v) is 7.29. The topological polar surface area (TPSA) is 32.3 Å². The minimum atomic E-state index is 0.217. The molecule has 3 nitrogen and oxygen atoms in total. The third-order valence-corrected chi connectivity index (χ3v) is 5.87. The third kappa shape index (κ3) is 2.75. The molecule has 2 aromatic rings. The van der Waals surface area contributed by atoms with Crippen LogP contribution in [0.5, 0.6) is 0 Å². The summed E-state index contributed by atoms with van der Waals surface area (Å²) in [6.07, 6.45) is 3.30. The van der Waals surface area contributed by atoms with Crippen molar-refractivity contribution >= 4 is 38.0 Å². The number of hydrogen-bond acceptors (Lipinski definition) is 4. The van der Waals surface area contributed by atoms with Gasteiger partial charge < -0.3 is 10.2 Å². The summed E-state index contributed by atoms with van der Waals surface area (Å²) in [7, 11) is 0. The molecule has 108 valence electrons. The van der Waals surface area contributed by atoms with Gasteiger partial charge in [0, 0.05) is 28.5 Å². The maximum atomic E-state index is 12.8. The van der Waals surface area contributed by atoms with Crippen molar-refractivity contribution in [1.82, 2.24) is 10.2 Å². The van der Waals surface area contributed by atoms with Crippen LogP contribution in [0, 0.1) is 0 Å². The van der Waals surface area contributed by atoms with E-state index in [0.717, 1.165) is 43.8 Å². The van der Waals surface area contributed by atoms with Gasteiger partial charge in [-0.05, 0) is 43.3 Å². The number of thiophene rings is 2. The number of carbonyl (C=O) groups excluding carboxylic acids is 1. The number of nitrogens with one attached hydrogen (secondary N) is 1. The summed E-state index contributed by atoms with van der Waals surface area (Å²) in [4.78, 5) is 15.8. The molecule has 1 aliphatic rings. The van der Waals surface area contributed by atoms with Crippen LogP contribution in [0.3, 0.4) is 0 Å². The van der Waals surface area contributed by atoms with Gasteiger partial charge >= 0.3 is 0 Å². The predicted octanol–water partition coefficient (Wildman–Crippen LogP) is 3.57. The Hall–Kier alpha value is -0.910. The molecule has 0 spiro atoms. The monoisotopic (exact) mass is 308 g/mol. The Morgan fingerprint density at radius 1 is 1.50 bits per heavy atom. The van der Waals surface area contributed by atoms with Gasteiger partial charge in [0.2, 0.25) is 0 Å². The van der Waals surface area contributed by atoms with E-state index in [1.54, 1.807) is 22.7 Å². The Bertz CT molecular complexity index is 555. The van der Waals surface area contributed by atoms with Crippen molar-refractivity contribution in [1.29, 1.82) is 0 Å². The second-order valence-electron chi connectivity index (χ2n) is 5.26. The Morgan fingerprint density at radius 3 is 3.10 bits per heavy atom. The molecule has 3 heterocycles. The van der Waals surface area contributed by atoms with Crippen molar-refractivity contribution in [2.45, 2.75) is 32.2 Å². The van der Waals surface area contributed by atoms with Gasteiger partial charge in [-0.25, -0.2) is 0 Å². The van der Waals surface area contributed by atoms with Crippen molar-refractivity contribution in [3.63, 3.8) is 0 Å². The predicted molar refractivity (Wildman–Crippen MR) is 86.9 cm³/mol. The van der Waals surface area contributed by atoms with E-state index >= 15 is 0 Å². The van der Waals surface area contributed by atoms with Gasteiger partial charge in [-0.3, -0.25) is 4.79 Å². The SMILES string of the molecule is CCCN(C(=O)c1cc2sccc2s1)C1CCCNC1. The molecular weight excluding hydrogens is 288 g/mol. The zero-order valence-corrected chi connectivity index (χ0v) is 13.4. The lowest BCUT2D eigenvalue weighted by Gasteiger charge is -2.34. The van der Waals surface area contributed by atoms with Crippen LogP contribution in [0.25, 0.3) is 9.40 Å². The van der Waals surface area contributed by atoms with Gasteiger partial charge in [-0.15, -0.1) is 22.7 Å². The molecule has 1 aliphatic heterocycles. The summed E-state index contributed by atoms with van der Waals surface area (Å²) in [6.45, 7) is 5.02. The van der Waals surface area contributed by atoms with Crippen LogP contribution in [-0.2, 0) is 0 Å². The summed E-state index contributed by atoms with van der Waals surface area (Å²) >= 11 is 3.34. The lowest BCUT2D eigenvalue weighted by Crippen LogP contribution is -2.48. The minimum Gasteiger partial charge on any atom is -0.334 e. The molecule has 1 saturated heterocycles. The van der Waals surface area contributed by atoms with Crippen LogP contribution in [0.2, 0.25) is 0 Å². The largest absolute Gasteiger partial charge is 0.334 e. The van der Waals surface area contributed by atoms with Crippen molar-refractivity contribution < 1.29 is 4.79 Å². The fourth-order valence-corrected chi connectivity index (χ4v) is 4.87. The van der Waals surface area contributed by atoms with E-state index in [-0.39, 0.29) is 5.91 Å². The van der Waals surface area contributed by atoms with E-state index < -0.39 is 0 Å². The molecule has 1 atom stereocenters. The number of fused-ring (bicyclic) bond motifs is 1. The Balaban J connectivity index is 1.82. The number of piperidine rings is 1. The minimum absolute atomic E-state index is 0.217. The van der Waals surface area contributed by atoms with Crippen LogP contribution < -0.4 is 5.32 Å². The lowest BCUT2D eigenvalue weighted by atomic mass is 10.1. The van der Waals surface area contributed by atoms with Crippen molar-refractivity contribution in [3.05, 3.63) is 22.4 Å². The molecule has 0 bridgehead atoms. The zero-order valence-electron chi connectivity index (χ0n) is 11.7. The molecule has 0 aliphatic carbocycles. The van der Waals surface area contributed by atoms with Gasteiger partial charge in [0.25, 0.3) is 5.91 Å². The first-order chi connectivity index (χ1) is 9.79. The molecule has 0 saturated carbocycles. The average molecular weight is 308 g/mol. The molecule has 1 unspecified atom stereocenters. The van der Waals surface area contributed by atoms with Crippen molar-refractivity contribution in [3.8, 4) is 0 Å². The second kappa shape index (κ2) is 6.24. The van der Waals surface area contributed by atoms with Crippen LogP contribution in [0.15, 0.2) is 17.5 Å². The number of carbonyl (C=O) groups is 1. The molecule has 3 rings (SSSR count). The molecule has 0 radical (unpaired) electrons. The Kier molecular flexibility index (Phi) is 4.38. The molecule has 0 aromatic carbocycles.